The lowest BCUT2D eigenvalue weighted by atomic mass is 9.70. The van der Waals surface area contributed by atoms with Gasteiger partial charge in [0.25, 0.3) is 0 Å². The molecule has 2 atom stereocenters. The van der Waals surface area contributed by atoms with Crippen molar-refractivity contribution in [3.05, 3.63) is 29.6 Å². The van der Waals surface area contributed by atoms with E-state index in [4.69, 9.17) is 4.98 Å². The van der Waals surface area contributed by atoms with Gasteiger partial charge in [-0.2, -0.15) is 0 Å². The molecule has 2 unspecified atom stereocenters. The first-order valence-electron chi connectivity index (χ1n) is 8.27. The van der Waals surface area contributed by atoms with Gasteiger partial charge in [-0.15, -0.1) is 0 Å². The average molecular weight is 274 g/mol. The van der Waals surface area contributed by atoms with E-state index < -0.39 is 0 Å². The molecule has 1 N–H and O–H groups in total. The SMILES string of the molecule is CCCNC(C1CCCc2cccnc21)C(C)(C)CC. The summed E-state index contributed by atoms with van der Waals surface area (Å²) >= 11 is 0. The minimum absolute atomic E-state index is 0.311. The van der Waals surface area contributed by atoms with Crippen molar-refractivity contribution in [1.82, 2.24) is 10.3 Å². The van der Waals surface area contributed by atoms with Crippen molar-refractivity contribution in [2.45, 2.75) is 71.8 Å². The second-order valence-corrected chi connectivity index (χ2v) is 6.82. The third-order valence-corrected chi connectivity index (χ3v) is 5.01. The Bertz CT molecular complexity index is 425. The van der Waals surface area contributed by atoms with E-state index in [0.29, 0.717) is 17.4 Å². The number of pyridine rings is 1. The summed E-state index contributed by atoms with van der Waals surface area (Å²) < 4.78 is 0. The Kier molecular flexibility index (Phi) is 5.20. The molecule has 0 saturated heterocycles. The lowest BCUT2D eigenvalue weighted by Crippen LogP contribution is -2.47. The molecule has 1 heterocycles. The molecule has 2 rings (SSSR count). The fourth-order valence-electron chi connectivity index (χ4n) is 3.45. The van der Waals surface area contributed by atoms with Gasteiger partial charge in [0.15, 0.2) is 0 Å². The quantitative estimate of drug-likeness (QED) is 0.836. The van der Waals surface area contributed by atoms with Gasteiger partial charge in [-0.3, -0.25) is 4.98 Å². The van der Waals surface area contributed by atoms with Crippen LogP contribution in [0.3, 0.4) is 0 Å². The van der Waals surface area contributed by atoms with Gasteiger partial charge >= 0.3 is 0 Å². The summed E-state index contributed by atoms with van der Waals surface area (Å²) in [5, 5.41) is 3.83. The van der Waals surface area contributed by atoms with Crippen molar-refractivity contribution in [2.24, 2.45) is 5.41 Å². The van der Waals surface area contributed by atoms with Crippen molar-refractivity contribution in [1.29, 1.82) is 0 Å². The van der Waals surface area contributed by atoms with Crippen LogP contribution in [-0.2, 0) is 6.42 Å². The number of aromatic nitrogens is 1. The van der Waals surface area contributed by atoms with Crippen molar-refractivity contribution in [3.8, 4) is 0 Å². The van der Waals surface area contributed by atoms with E-state index in [-0.39, 0.29) is 0 Å². The third-order valence-electron chi connectivity index (χ3n) is 5.01. The molecule has 2 heteroatoms. The van der Waals surface area contributed by atoms with Crippen LogP contribution in [0.4, 0.5) is 0 Å². The number of fused-ring (bicyclic) bond motifs is 1. The van der Waals surface area contributed by atoms with E-state index in [0.717, 1.165) is 6.54 Å². The van der Waals surface area contributed by atoms with Crippen molar-refractivity contribution in [3.63, 3.8) is 0 Å². The van der Waals surface area contributed by atoms with Gasteiger partial charge in [0.05, 0.1) is 0 Å². The van der Waals surface area contributed by atoms with Crippen LogP contribution in [0.15, 0.2) is 18.3 Å². The lowest BCUT2D eigenvalue weighted by molar-refractivity contribution is 0.188. The number of hydrogen-bond acceptors (Lipinski definition) is 2. The highest BCUT2D eigenvalue weighted by atomic mass is 14.9. The number of aryl methyl sites for hydroxylation is 1. The molecule has 1 aliphatic carbocycles. The zero-order valence-corrected chi connectivity index (χ0v) is 13.6. The second-order valence-electron chi connectivity index (χ2n) is 6.82. The van der Waals surface area contributed by atoms with Crippen LogP contribution in [0.25, 0.3) is 0 Å². The average Bonchev–Trinajstić information content (AvgIpc) is 2.47. The van der Waals surface area contributed by atoms with Crippen LogP contribution in [0, 0.1) is 5.41 Å². The van der Waals surface area contributed by atoms with Crippen LogP contribution >= 0.6 is 0 Å². The molecule has 0 amide bonds. The monoisotopic (exact) mass is 274 g/mol. The molecule has 0 saturated carbocycles. The lowest BCUT2D eigenvalue weighted by Gasteiger charge is -2.41. The molecule has 0 fully saturated rings. The highest BCUT2D eigenvalue weighted by Crippen LogP contribution is 2.40. The fraction of sp³-hybridized carbons (Fsp3) is 0.722. The van der Waals surface area contributed by atoms with Gasteiger partial charge in [0, 0.05) is 23.9 Å². The molecule has 0 bridgehead atoms. The topological polar surface area (TPSA) is 24.9 Å². The first-order chi connectivity index (χ1) is 9.60. The minimum Gasteiger partial charge on any atom is -0.313 e. The number of hydrogen-bond donors (Lipinski definition) is 1. The van der Waals surface area contributed by atoms with E-state index >= 15 is 0 Å². The van der Waals surface area contributed by atoms with Crippen LogP contribution in [-0.4, -0.2) is 17.6 Å². The van der Waals surface area contributed by atoms with E-state index in [1.54, 1.807) is 0 Å². The zero-order valence-electron chi connectivity index (χ0n) is 13.6. The molecule has 0 radical (unpaired) electrons. The normalized spacial score (nSPS) is 20.5. The Labute approximate surface area is 124 Å². The van der Waals surface area contributed by atoms with E-state index in [9.17, 15) is 0 Å². The predicted octanol–water partition coefficient (Wildman–Crippen LogP) is 4.31. The summed E-state index contributed by atoms with van der Waals surface area (Å²) in [4.78, 5) is 4.74. The van der Waals surface area contributed by atoms with E-state index in [1.165, 1.54) is 43.4 Å². The summed E-state index contributed by atoms with van der Waals surface area (Å²) in [5.74, 6) is 0.571. The second kappa shape index (κ2) is 6.71. The number of rotatable bonds is 6. The summed E-state index contributed by atoms with van der Waals surface area (Å²) in [5.41, 5.74) is 3.14. The molecule has 0 aromatic carbocycles. The summed E-state index contributed by atoms with van der Waals surface area (Å²) in [7, 11) is 0. The van der Waals surface area contributed by atoms with Gasteiger partial charge in [0.1, 0.15) is 0 Å². The minimum atomic E-state index is 0.311. The molecular formula is C18H30N2. The molecule has 0 spiro atoms. The maximum Gasteiger partial charge on any atom is 0.0482 e. The maximum absolute atomic E-state index is 4.74. The molecule has 112 valence electrons. The Morgan fingerprint density at radius 3 is 2.90 bits per heavy atom. The highest BCUT2D eigenvalue weighted by Gasteiger charge is 2.37. The van der Waals surface area contributed by atoms with Crippen molar-refractivity contribution >= 4 is 0 Å². The predicted molar refractivity (Wildman–Crippen MR) is 86.1 cm³/mol. The highest BCUT2D eigenvalue weighted by molar-refractivity contribution is 5.28. The zero-order chi connectivity index (χ0) is 14.6. The molecule has 1 aromatic rings. The van der Waals surface area contributed by atoms with E-state index in [2.05, 4.69) is 45.1 Å². The first kappa shape index (κ1) is 15.5. The maximum atomic E-state index is 4.74. The van der Waals surface area contributed by atoms with Gasteiger partial charge in [0.2, 0.25) is 0 Å². The summed E-state index contributed by atoms with van der Waals surface area (Å²) in [6.07, 6.45) is 8.13. The van der Waals surface area contributed by atoms with Crippen LogP contribution < -0.4 is 5.32 Å². The largest absolute Gasteiger partial charge is 0.313 e. The standard InChI is InChI=1S/C18H30N2/c1-5-12-20-17(18(3,4)6-2)15-11-7-9-14-10-8-13-19-16(14)15/h8,10,13,15,17,20H,5-7,9,11-12H2,1-4H3. The fourth-order valence-corrected chi connectivity index (χ4v) is 3.45. The van der Waals surface area contributed by atoms with Crippen LogP contribution in [0.5, 0.6) is 0 Å². The van der Waals surface area contributed by atoms with Gasteiger partial charge < -0.3 is 5.32 Å². The third kappa shape index (κ3) is 3.22. The summed E-state index contributed by atoms with van der Waals surface area (Å²) in [6.45, 7) is 10.5. The number of nitrogens with zero attached hydrogens (tertiary/aromatic N) is 1. The van der Waals surface area contributed by atoms with Crippen LogP contribution in [0.2, 0.25) is 0 Å². The van der Waals surface area contributed by atoms with Gasteiger partial charge in [-0.25, -0.2) is 0 Å². The Morgan fingerprint density at radius 2 is 2.20 bits per heavy atom. The molecule has 1 aromatic heterocycles. The van der Waals surface area contributed by atoms with Crippen molar-refractivity contribution < 1.29 is 0 Å². The molecular weight excluding hydrogens is 244 g/mol. The molecule has 0 aliphatic heterocycles. The van der Waals surface area contributed by atoms with Crippen LogP contribution in [0.1, 0.15) is 70.6 Å². The Morgan fingerprint density at radius 1 is 1.40 bits per heavy atom. The Hall–Kier alpha value is -0.890. The first-order valence-corrected chi connectivity index (χ1v) is 8.27. The van der Waals surface area contributed by atoms with E-state index in [1.807, 2.05) is 6.20 Å². The van der Waals surface area contributed by atoms with Crippen molar-refractivity contribution in [2.75, 3.05) is 6.54 Å². The smallest absolute Gasteiger partial charge is 0.0482 e. The Balaban J connectivity index is 2.30. The summed E-state index contributed by atoms with van der Waals surface area (Å²) in [6, 6.07) is 4.88. The molecule has 20 heavy (non-hydrogen) atoms. The number of nitrogens with one attached hydrogen (secondary N) is 1. The van der Waals surface area contributed by atoms with Gasteiger partial charge in [-0.05, 0) is 55.7 Å². The van der Waals surface area contributed by atoms with Gasteiger partial charge in [-0.1, -0.05) is 33.8 Å². The molecule has 1 aliphatic rings. The molecule has 2 nitrogen and oxygen atoms in total.